The van der Waals surface area contributed by atoms with E-state index in [1.165, 1.54) is 29.5 Å². The van der Waals surface area contributed by atoms with E-state index in [0.717, 1.165) is 24.1 Å². The average molecular weight is 267 g/mol. The first-order valence-corrected chi connectivity index (χ1v) is 7.31. The zero-order valence-corrected chi connectivity index (χ0v) is 11.9. The number of nitrogens with one attached hydrogen (secondary N) is 1. The smallest absolute Gasteiger partial charge is 0.104 e. The SMILES string of the molecule is CNCc1cccc(C(O)c2ccc3c(c2)CCC3)c1. The van der Waals surface area contributed by atoms with Gasteiger partial charge in [0.25, 0.3) is 0 Å². The molecule has 2 aromatic carbocycles. The monoisotopic (exact) mass is 267 g/mol. The zero-order valence-electron chi connectivity index (χ0n) is 11.9. The second-order valence-electron chi connectivity index (χ2n) is 5.56. The van der Waals surface area contributed by atoms with E-state index in [9.17, 15) is 5.11 Å². The molecule has 0 aromatic heterocycles. The number of hydrogen-bond acceptors (Lipinski definition) is 2. The summed E-state index contributed by atoms with van der Waals surface area (Å²) in [5.41, 5.74) is 6.03. The topological polar surface area (TPSA) is 32.3 Å². The maximum Gasteiger partial charge on any atom is 0.104 e. The fraction of sp³-hybridized carbons (Fsp3) is 0.333. The Bertz CT molecular complexity index is 606. The Morgan fingerprint density at radius 3 is 2.70 bits per heavy atom. The van der Waals surface area contributed by atoms with E-state index < -0.39 is 6.10 Å². The van der Waals surface area contributed by atoms with Gasteiger partial charge in [-0.3, -0.25) is 0 Å². The van der Waals surface area contributed by atoms with Crippen molar-refractivity contribution < 1.29 is 5.11 Å². The molecule has 0 spiro atoms. The van der Waals surface area contributed by atoms with Crippen LogP contribution in [0.25, 0.3) is 0 Å². The summed E-state index contributed by atoms with van der Waals surface area (Å²) in [6, 6.07) is 14.6. The molecule has 0 saturated carbocycles. The Labute approximate surface area is 120 Å². The third-order valence-corrected chi connectivity index (χ3v) is 4.09. The number of fused-ring (bicyclic) bond motifs is 1. The molecule has 0 saturated heterocycles. The summed E-state index contributed by atoms with van der Waals surface area (Å²) in [4.78, 5) is 0. The van der Waals surface area contributed by atoms with Crippen molar-refractivity contribution in [3.05, 3.63) is 70.3 Å². The number of rotatable bonds is 4. The van der Waals surface area contributed by atoms with Crippen molar-refractivity contribution in [1.29, 1.82) is 0 Å². The summed E-state index contributed by atoms with van der Waals surface area (Å²) in [6.07, 6.45) is 3.05. The molecule has 1 unspecified atom stereocenters. The highest BCUT2D eigenvalue weighted by Gasteiger charge is 2.15. The molecule has 2 aromatic rings. The summed E-state index contributed by atoms with van der Waals surface area (Å²) in [5.74, 6) is 0. The highest BCUT2D eigenvalue weighted by atomic mass is 16.3. The van der Waals surface area contributed by atoms with Crippen LogP contribution in [0.3, 0.4) is 0 Å². The summed E-state index contributed by atoms with van der Waals surface area (Å²) in [6.45, 7) is 0.824. The predicted molar refractivity (Wildman–Crippen MR) is 81.7 cm³/mol. The van der Waals surface area contributed by atoms with Gasteiger partial charge in [-0.25, -0.2) is 0 Å². The summed E-state index contributed by atoms with van der Waals surface area (Å²) in [7, 11) is 1.93. The van der Waals surface area contributed by atoms with Gasteiger partial charge in [0.15, 0.2) is 0 Å². The van der Waals surface area contributed by atoms with Crippen LogP contribution in [-0.2, 0) is 19.4 Å². The van der Waals surface area contributed by atoms with Gasteiger partial charge in [0.2, 0.25) is 0 Å². The molecule has 3 rings (SSSR count). The number of aliphatic hydroxyl groups excluding tert-OH is 1. The number of aryl methyl sites for hydroxylation is 2. The Kier molecular flexibility index (Phi) is 3.86. The van der Waals surface area contributed by atoms with Gasteiger partial charge in [-0.2, -0.15) is 0 Å². The highest BCUT2D eigenvalue weighted by molar-refractivity contribution is 5.39. The summed E-state index contributed by atoms with van der Waals surface area (Å²) in [5, 5.41) is 13.7. The summed E-state index contributed by atoms with van der Waals surface area (Å²) < 4.78 is 0. The maximum absolute atomic E-state index is 10.6. The molecule has 0 aliphatic heterocycles. The fourth-order valence-electron chi connectivity index (χ4n) is 3.03. The van der Waals surface area contributed by atoms with Gasteiger partial charge in [0, 0.05) is 6.54 Å². The third-order valence-electron chi connectivity index (χ3n) is 4.09. The molecule has 0 radical (unpaired) electrons. The minimum atomic E-state index is -0.530. The molecule has 1 aliphatic rings. The normalized spacial score (nSPS) is 15.1. The number of benzene rings is 2. The van der Waals surface area contributed by atoms with Gasteiger partial charge in [-0.05, 0) is 54.1 Å². The summed E-state index contributed by atoms with van der Waals surface area (Å²) >= 11 is 0. The highest BCUT2D eigenvalue weighted by Crippen LogP contribution is 2.28. The van der Waals surface area contributed by atoms with E-state index in [-0.39, 0.29) is 0 Å². The van der Waals surface area contributed by atoms with Crippen molar-refractivity contribution >= 4 is 0 Å². The van der Waals surface area contributed by atoms with Crippen LogP contribution in [0.1, 0.15) is 40.3 Å². The Balaban J connectivity index is 1.88. The average Bonchev–Trinajstić information content (AvgIpc) is 2.94. The molecule has 0 amide bonds. The van der Waals surface area contributed by atoms with E-state index in [1.807, 2.05) is 19.2 Å². The number of hydrogen-bond donors (Lipinski definition) is 2. The molecule has 1 atom stereocenters. The van der Waals surface area contributed by atoms with Crippen molar-refractivity contribution in [3.8, 4) is 0 Å². The third kappa shape index (κ3) is 2.62. The van der Waals surface area contributed by atoms with Crippen LogP contribution in [0.5, 0.6) is 0 Å². The molecule has 20 heavy (non-hydrogen) atoms. The van der Waals surface area contributed by atoms with Gasteiger partial charge in [0.05, 0.1) is 0 Å². The molecular formula is C18H21NO. The maximum atomic E-state index is 10.6. The van der Waals surface area contributed by atoms with Crippen molar-refractivity contribution in [3.63, 3.8) is 0 Å². The van der Waals surface area contributed by atoms with E-state index in [2.05, 4.69) is 35.6 Å². The second kappa shape index (κ2) is 5.78. The number of aliphatic hydroxyl groups is 1. The van der Waals surface area contributed by atoms with Crippen LogP contribution in [0.2, 0.25) is 0 Å². The standard InChI is InChI=1S/C18H21NO/c1-19-12-13-4-2-7-16(10-13)18(20)17-9-8-14-5-3-6-15(14)11-17/h2,4,7-11,18-20H,3,5-6,12H2,1H3. The lowest BCUT2D eigenvalue weighted by atomic mass is 9.97. The van der Waals surface area contributed by atoms with E-state index in [4.69, 9.17) is 0 Å². The lowest BCUT2D eigenvalue weighted by Crippen LogP contribution is -2.06. The molecule has 2 N–H and O–H groups in total. The second-order valence-corrected chi connectivity index (χ2v) is 5.56. The van der Waals surface area contributed by atoms with Crippen LogP contribution in [0, 0.1) is 0 Å². The van der Waals surface area contributed by atoms with Crippen LogP contribution in [0.15, 0.2) is 42.5 Å². The molecule has 0 fully saturated rings. The van der Waals surface area contributed by atoms with Crippen LogP contribution >= 0.6 is 0 Å². The zero-order chi connectivity index (χ0) is 13.9. The molecule has 2 nitrogen and oxygen atoms in total. The molecule has 0 bridgehead atoms. The van der Waals surface area contributed by atoms with Crippen molar-refractivity contribution in [1.82, 2.24) is 5.32 Å². The van der Waals surface area contributed by atoms with Gasteiger partial charge in [-0.15, -0.1) is 0 Å². The van der Waals surface area contributed by atoms with Crippen LogP contribution in [0.4, 0.5) is 0 Å². The largest absolute Gasteiger partial charge is 0.384 e. The van der Waals surface area contributed by atoms with Crippen molar-refractivity contribution in [2.24, 2.45) is 0 Å². The molecule has 0 heterocycles. The molecular weight excluding hydrogens is 246 g/mol. The molecule has 2 heteroatoms. The Hall–Kier alpha value is -1.64. The van der Waals surface area contributed by atoms with Gasteiger partial charge >= 0.3 is 0 Å². The quantitative estimate of drug-likeness (QED) is 0.892. The van der Waals surface area contributed by atoms with Gasteiger partial charge in [0.1, 0.15) is 6.10 Å². The van der Waals surface area contributed by atoms with Crippen LogP contribution < -0.4 is 5.32 Å². The van der Waals surface area contributed by atoms with Gasteiger partial charge < -0.3 is 10.4 Å². The first kappa shape index (κ1) is 13.3. The van der Waals surface area contributed by atoms with Crippen LogP contribution in [-0.4, -0.2) is 12.2 Å². The first-order valence-electron chi connectivity index (χ1n) is 7.31. The minimum Gasteiger partial charge on any atom is -0.384 e. The predicted octanol–water partition coefficient (Wildman–Crippen LogP) is 2.98. The fourth-order valence-corrected chi connectivity index (χ4v) is 3.03. The van der Waals surface area contributed by atoms with Crippen molar-refractivity contribution in [2.75, 3.05) is 7.05 Å². The molecule has 104 valence electrons. The van der Waals surface area contributed by atoms with Gasteiger partial charge in [-0.1, -0.05) is 42.5 Å². The first-order chi connectivity index (χ1) is 9.78. The van der Waals surface area contributed by atoms with E-state index in [0.29, 0.717) is 0 Å². The Morgan fingerprint density at radius 1 is 1.05 bits per heavy atom. The van der Waals surface area contributed by atoms with Crippen molar-refractivity contribution in [2.45, 2.75) is 31.9 Å². The Morgan fingerprint density at radius 2 is 1.85 bits per heavy atom. The lowest BCUT2D eigenvalue weighted by molar-refractivity contribution is 0.220. The lowest BCUT2D eigenvalue weighted by Gasteiger charge is -2.14. The van der Waals surface area contributed by atoms with E-state index in [1.54, 1.807) is 0 Å². The molecule has 1 aliphatic carbocycles. The minimum absolute atomic E-state index is 0.530. The van der Waals surface area contributed by atoms with E-state index >= 15 is 0 Å².